The van der Waals surface area contributed by atoms with Crippen molar-refractivity contribution >= 4 is 11.9 Å². The van der Waals surface area contributed by atoms with Crippen molar-refractivity contribution in [1.29, 1.82) is 0 Å². The summed E-state index contributed by atoms with van der Waals surface area (Å²) in [6.07, 6.45) is 0.0184. The van der Waals surface area contributed by atoms with E-state index in [1.165, 1.54) is 25.3 Å². The Kier molecular flexibility index (Phi) is 6.07. The summed E-state index contributed by atoms with van der Waals surface area (Å²) in [4.78, 5) is 24.1. The maximum Gasteiger partial charge on any atom is 0.339 e. The number of hydrogen-bond donors (Lipinski definition) is 1. The lowest BCUT2D eigenvalue weighted by Gasteiger charge is -2.19. The molecule has 0 fully saturated rings. The highest BCUT2D eigenvalue weighted by Crippen LogP contribution is 2.26. The fraction of sp³-hybridized carbons (Fsp3) is 0.130. The van der Waals surface area contributed by atoms with E-state index in [0.717, 1.165) is 11.1 Å². The molecule has 0 amide bonds. The van der Waals surface area contributed by atoms with E-state index in [2.05, 4.69) is 0 Å². The largest absolute Gasteiger partial charge is 0.496 e. The minimum absolute atomic E-state index is 0.0868. The minimum Gasteiger partial charge on any atom is -0.496 e. The zero-order valence-corrected chi connectivity index (χ0v) is 15.4. The molecule has 1 unspecified atom stereocenters. The second kappa shape index (κ2) is 8.86. The smallest absolute Gasteiger partial charge is 0.339 e. The van der Waals surface area contributed by atoms with Crippen molar-refractivity contribution in [3.8, 4) is 5.75 Å². The molecule has 0 aromatic heterocycles. The van der Waals surface area contributed by atoms with Gasteiger partial charge in [0, 0.05) is 6.42 Å². The Bertz CT molecular complexity index is 951. The van der Waals surface area contributed by atoms with Crippen LogP contribution >= 0.6 is 0 Å². The van der Waals surface area contributed by atoms with Crippen LogP contribution < -0.4 is 4.74 Å². The molecule has 3 rings (SSSR count). The van der Waals surface area contributed by atoms with Crippen molar-refractivity contribution in [3.05, 3.63) is 101 Å². The Hall–Kier alpha value is -3.60. The Balaban J connectivity index is 1.87. The lowest BCUT2D eigenvalue weighted by molar-refractivity contribution is 0.0297. The van der Waals surface area contributed by atoms with Crippen LogP contribution in [0.3, 0.4) is 0 Å². The molecule has 0 heterocycles. The van der Waals surface area contributed by atoms with Gasteiger partial charge in [0.2, 0.25) is 0 Å². The Morgan fingerprint density at radius 1 is 0.929 bits per heavy atom. The van der Waals surface area contributed by atoms with Gasteiger partial charge in [0.15, 0.2) is 0 Å². The average Bonchev–Trinajstić information content (AvgIpc) is 2.74. The number of hydrogen-bond acceptors (Lipinski definition) is 4. The first kappa shape index (κ1) is 19.2. The quantitative estimate of drug-likeness (QED) is 0.613. The number of carboxylic acid groups (broad SMARTS) is 1. The number of rotatable bonds is 7. The van der Waals surface area contributed by atoms with Crippen molar-refractivity contribution in [1.82, 2.24) is 0 Å². The van der Waals surface area contributed by atoms with Gasteiger partial charge in [-0.05, 0) is 29.3 Å². The molecule has 142 valence electrons. The molecule has 0 saturated carbocycles. The van der Waals surface area contributed by atoms with Crippen LogP contribution in [0.15, 0.2) is 78.9 Å². The summed E-state index contributed by atoms with van der Waals surface area (Å²) in [6, 6.07) is 23.4. The molecule has 0 aliphatic carbocycles. The monoisotopic (exact) mass is 376 g/mol. The third-order valence-corrected chi connectivity index (χ3v) is 4.35. The predicted octanol–water partition coefficient (Wildman–Crippen LogP) is 4.53. The summed E-state index contributed by atoms with van der Waals surface area (Å²) < 4.78 is 10.8. The zero-order valence-electron chi connectivity index (χ0n) is 15.4. The van der Waals surface area contributed by atoms with E-state index in [1.807, 2.05) is 60.7 Å². The van der Waals surface area contributed by atoms with Gasteiger partial charge < -0.3 is 14.6 Å². The van der Waals surface area contributed by atoms with Crippen LogP contribution in [0.2, 0.25) is 0 Å². The van der Waals surface area contributed by atoms with Gasteiger partial charge in [0.1, 0.15) is 17.4 Å². The molecule has 0 spiro atoms. The third-order valence-electron chi connectivity index (χ3n) is 4.35. The summed E-state index contributed by atoms with van der Waals surface area (Å²) in [5.74, 6) is -1.57. The number of methoxy groups -OCH3 is 1. The normalized spacial score (nSPS) is 11.5. The molecule has 0 bridgehead atoms. The molecule has 0 aliphatic heterocycles. The molecule has 28 heavy (non-hydrogen) atoms. The predicted molar refractivity (Wildman–Crippen MR) is 105 cm³/mol. The molecule has 5 heteroatoms. The number of benzene rings is 3. The van der Waals surface area contributed by atoms with Gasteiger partial charge in [-0.3, -0.25) is 0 Å². The number of carbonyl (C=O) groups is 2. The van der Waals surface area contributed by atoms with Gasteiger partial charge in [-0.1, -0.05) is 60.7 Å². The van der Waals surface area contributed by atoms with Crippen molar-refractivity contribution in [2.24, 2.45) is 0 Å². The number of aromatic carboxylic acids is 1. The van der Waals surface area contributed by atoms with Crippen molar-refractivity contribution in [3.63, 3.8) is 0 Å². The van der Waals surface area contributed by atoms with Crippen LogP contribution in [-0.2, 0) is 11.2 Å². The average molecular weight is 376 g/mol. The maximum atomic E-state index is 12.7. The number of ether oxygens (including phenoxy) is 2. The molecular weight excluding hydrogens is 356 g/mol. The zero-order chi connectivity index (χ0) is 19.9. The van der Waals surface area contributed by atoms with Crippen molar-refractivity contribution < 1.29 is 24.2 Å². The molecule has 3 aromatic rings. The summed E-state index contributed by atoms with van der Waals surface area (Å²) in [5.41, 5.74) is 1.97. The molecule has 0 aliphatic rings. The molecular formula is C23H20O5. The van der Waals surface area contributed by atoms with Crippen LogP contribution in [0.5, 0.6) is 5.75 Å². The summed E-state index contributed by atoms with van der Waals surface area (Å²) in [7, 11) is 1.38. The van der Waals surface area contributed by atoms with Gasteiger partial charge >= 0.3 is 11.9 Å². The number of esters is 1. The number of carboxylic acids is 1. The van der Waals surface area contributed by atoms with Gasteiger partial charge in [0.25, 0.3) is 0 Å². The van der Waals surface area contributed by atoms with Crippen LogP contribution in [0, 0.1) is 0 Å². The second-order valence-electron chi connectivity index (χ2n) is 6.21. The topological polar surface area (TPSA) is 72.8 Å². The first-order chi connectivity index (χ1) is 13.6. The van der Waals surface area contributed by atoms with Crippen molar-refractivity contribution in [2.75, 3.05) is 7.11 Å². The van der Waals surface area contributed by atoms with Crippen LogP contribution in [0.4, 0.5) is 0 Å². The van der Waals surface area contributed by atoms with E-state index in [0.29, 0.717) is 6.42 Å². The molecule has 1 N–H and O–H groups in total. The van der Waals surface area contributed by atoms with E-state index in [-0.39, 0.29) is 16.9 Å². The lowest BCUT2D eigenvalue weighted by Crippen LogP contribution is -2.15. The van der Waals surface area contributed by atoms with Crippen molar-refractivity contribution in [2.45, 2.75) is 12.5 Å². The van der Waals surface area contributed by atoms with Crippen LogP contribution in [0.1, 0.15) is 37.9 Å². The molecule has 5 nitrogen and oxygen atoms in total. The SMILES string of the molecule is COc1ccc(C(=O)OC(Cc2ccccc2)c2ccccc2)cc1C(=O)O. The standard InChI is InChI=1S/C23H20O5/c1-27-20-13-12-18(15-19(20)22(24)25)23(26)28-21(17-10-6-3-7-11-17)14-16-8-4-2-5-9-16/h2-13,15,21H,14H2,1H3,(H,24,25). The summed E-state index contributed by atoms with van der Waals surface area (Å²) >= 11 is 0. The first-order valence-electron chi connectivity index (χ1n) is 8.79. The highest BCUT2D eigenvalue weighted by molar-refractivity contribution is 5.96. The Labute approximate surface area is 163 Å². The summed E-state index contributed by atoms with van der Waals surface area (Å²) in [6.45, 7) is 0. The molecule has 3 aromatic carbocycles. The highest BCUT2D eigenvalue weighted by atomic mass is 16.5. The fourth-order valence-electron chi connectivity index (χ4n) is 2.92. The Morgan fingerprint density at radius 3 is 2.18 bits per heavy atom. The highest BCUT2D eigenvalue weighted by Gasteiger charge is 2.21. The van der Waals surface area contributed by atoms with E-state index in [1.54, 1.807) is 0 Å². The van der Waals surface area contributed by atoms with Crippen LogP contribution in [-0.4, -0.2) is 24.2 Å². The molecule has 1 atom stereocenters. The number of carbonyl (C=O) groups excluding carboxylic acids is 1. The molecule has 0 saturated heterocycles. The van der Waals surface area contributed by atoms with Gasteiger partial charge in [-0.25, -0.2) is 9.59 Å². The lowest BCUT2D eigenvalue weighted by atomic mass is 10.0. The fourth-order valence-corrected chi connectivity index (χ4v) is 2.92. The van der Waals surface area contributed by atoms with Gasteiger partial charge in [0.05, 0.1) is 12.7 Å². The first-order valence-corrected chi connectivity index (χ1v) is 8.79. The van der Waals surface area contributed by atoms with Crippen LogP contribution in [0.25, 0.3) is 0 Å². The minimum atomic E-state index is -1.17. The maximum absolute atomic E-state index is 12.7. The van der Waals surface area contributed by atoms with E-state index in [4.69, 9.17) is 9.47 Å². The van der Waals surface area contributed by atoms with Gasteiger partial charge in [-0.2, -0.15) is 0 Å². The van der Waals surface area contributed by atoms with Gasteiger partial charge in [-0.15, -0.1) is 0 Å². The van der Waals surface area contributed by atoms with E-state index < -0.39 is 18.0 Å². The summed E-state index contributed by atoms with van der Waals surface area (Å²) in [5, 5.41) is 9.33. The molecule has 0 radical (unpaired) electrons. The second-order valence-corrected chi connectivity index (χ2v) is 6.21. The third kappa shape index (κ3) is 4.57. The van der Waals surface area contributed by atoms with E-state index >= 15 is 0 Å². The Morgan fingerprint density at radius 2 is 1.57 bits per heavy atom. The van der Waals surface area contributed by atoms with E-state index in [9.17, 15) is 14.7 Å².